The highest BCUT2D eigenvalue weighted by molar-refractivity contribution is 5.71. The highest BCUT2D eigenvalue weighted by Gasteiger charge is 2.09. The maximum atomic E-state index is 11.7. The zero-order valence-corrected chi connectivity index (χ0v) is 12.4. The maximum absolute atomic E-state index is 11.7. The van der Waals surface area contributed by atoms with Crippen LogP contribution < -0.4 is 16.2 Å². The van der Waals surface area contributed by atoms with Crippen molar-refractivity contribution in [2.24, 2.45) is 0 Å². The number of rotatable bonds is 5. The molecule has 2 aromatic rings. The van der Waals surface area contributed by atoms with E-state index < -0.39 is 5.97 Å². The van der Waals surface area contributed by atoms with Crippen LogP contribution in [0.15, 0.2) is 18.2 Å². The fraction of sp³-hybridized carbons (Fsp3) is 0.286. The molecular weight excluding hydrogens is 286 g/mol. The molecule has 4 N–H and O–H groups in total. The number of anilines is 2. The van der Waals surface area contributed by atoms with Crippen LogP contribution >= 0.6 is 0 Å². The Hall–Kier alpha value is -2.90. The summed E-state index contributed by atoms with van der Waals surface area (Å²) in [6, 6.07) is 5.62. The lowest BCUT2D eigenvalue weighted by atomic mass is 10.1. The predicted octanol–water partition coefficient (Wildman–Crippen LogP) is 0.775. The van der Waals surface area contributed by atoms with Gasteiger partial charge in [-0.15, -0.1) is 0 Å². The molecule has 1 aromatic carbocycles. The zero-order valence-electron chi connectivity index (χ0n) is 12.4. The van der Waals surface area contributed by atoms with Crippen LogP contribution in [-0.2, 0) is 16.1 Å². The Bertz CT molecular complexity index is 670. The highest BCUT2D eigenvalue weighted by Crippen LogP contribution is 2.20. The van der Waals surface area contributed by atoms with Crippen LogP contribution in [0, 0.1) is 13.8 Å². The van der Waals surface area contributed by atoms with Gasteiger partial charge in [0.2, 0.25) is 11.9 Å². The summed E-state index contributed by atoms with van der Waals surface area (Å²) in [6.45, 7) is 3.54. The standard InChI is InChI=1S/C14H17N5O3/c1-8-4-3-5-10(9(8)2)21-7-12(20)22-6-11-17-13(15)19-14(16)18-11/h3-5H,6-7H2,1-2H3,(H4,15,16,17,18,19). The molecule has 1 aromatic heterocycles. The molecule has 0 atom stereocenters. The van der Waals surface area contributed by atoms with E-state index >= 15 is 0 Å². The van der Waals surface area contributed by atoms with Crippen molar-refractivity contribution in [1.29, 1.82) is 0 Å². The van der Waals surface area contributed by atoms with Gasteiger partial charge in [-0.3, -0.25) is 0 Å². The minimum Gasteiger partial charge on any atom is -0.482 e. The highest BCUT2D eigenvalue weighted by atomic mass is 16.6. The fourth-order valence-corrected chi connectivity index (χ4v) is 1.73. The number of hydrogen-bond acceptors (Lipinski definition) is 8. The number of carbonyl (C=O) groups is 1. The van der Waals surface area contributed by atoms with Crippen molar-refractivity contribution in [3.05, 3.63) is 35.2 Å². The summed E-state index contributed by atoms with van der Waals surface area (Å²) < 4.78 is 10.4. The number of ether oxygens (including phenoxy) is 2. The molecule has 0 bridgehead atoms. The lowest BCUT2D eigenvalue weighted by molar-refractivity contribution is -0.147. The molecule has 0 amide bonds. The third-order valence-corrected chi connectivity index (χ3v) is 2.98. The van der Waals surface area contributed by atoms with Crippen molar-refractivity contribution < 1.29 is 14.3 Å². The van der Waals surface area contributed by atoms with E-state index in [4.69, 9.17) is 20.9 Å². The van der Waals surface area contributed by atoms with Crippen molar-refractivity contribution in [2.45, 2.75) is 20.5 Å². The number of esters is 1. The van der Waals surface area contributed by atoms with Gasteiger partial charge < -0.3 is 20.9 Å². The van der Waals surface area contributed by atoms with Crippen LogP contribution in [0.5, 0.6) is 5.75 Å². The van der Waals surface area contributed by atoms with Crippen LogP contribution in [0.3, 0.4) is 0 Å². The first-order chi connectivity index (χ1) is 10.5. The second-order valence-electron chi connectivity index (χ2n) is 4.62. The van der Waals surface area contributed by atoms with Gasteiger partial charge in [-0.05, 0) is 31.0 Å². The number of nitrogens with two attached hydrogens (primary N) is 2. The topological polar surface area (TPSA) is 126 Å². The molecule has 0 unspecified atom stereocenters. The van der Waals surface area contributed by atoms with Gasteiger partial charge in [0.1, 0.15) is 5.75 Å². The number of nitrogens with zero attached hydrogens (tertiary/aromatic N) is 3. The van der Waals surface area contributed by atoms with Gasteiger partial charge in [-0.1, -0.05) is 12.1 Å². The van der Waals surface area contributed by atoms with Crippen molar-refractivity contribution >= 4 is 17.9 Å². The molecule has 0 fully saturated rings. The molecule has 1 heterocycles. The Kier molecular flexibility index (Phi) is 4.72. The van der Waals surface area contributed by atoms with E-state index in [1.165, 1.54) is 0 Å². The molecule has 0 radical (unpaired) electrons. The van der Waals surface area contributed by atoms with Crippen molar-refractivity contribution in [2.75, 3.05) is 18.1 Å². The van der Waals surface area contributed by atoms with E-state index in [-0.39, 0.29) is 30.9 Å². The normalized spacial score (nSPS) is 10.3. The number of benzene rings is 1. The van der Waals surface area contributed by atoms with Crippen molar-refractivity contribution in [1.82, 2.24) is 15.0 Å². The zero-order chi connectivity index (χ0) is 16.1. The predicted molar refractivity (Wildman–Crippen MR) is 79.9 cm³/mol. The summed E-state index contributed by atoms with van der Waals surface area (Å²) >= 11 is 0. The third-order valence-electron chi connectivity index (χ3n) is 2.98. The maximum Gasteiger partial charge on any atom is 0.344 e. The number of aryl methyl sites for hydroxylation is 1. The fourth-order valence-electron chi connectivity index (χ4n) is 1.73. The van der Waals surface area contributed by atoms with Gasteiger partial charge in [0.05, 0.1) is 0 Å². The minimum atomic E-state index is -0.543. The first kappa shape index (κ1) is 15.5. The summed E-state index contributed by atoms with van der Waals surface area (Å²) in [7, 11) is 0. The largest absolute Gasteiger partial charge is 0.482 e. The molecule has 0 aliphatic rings. The average Bonchev–Trinajstić information content (AvgIpc) is 2.46. The lowest BCUT2D eigenvalue weighted by Gasteiger charge is -2.10. The first-order valence-corrected chi connectivity index (χ1v) is 6.56. The van der Waals surface area contributed by atoms with Gasteiger partial charge in [-0.2, -0.15) is 15.0 Å². The van der Waals surface area contributed by atoms with E-state index in [9.17, 15) is 4.79 Å². The molecular formula is C14H17N5O3. The third kappa shape index (κ3) is 4.05. The van der Waals surface area contributed by atoms with Gasteiger partial charge in [-0.25, -0.2) is 4.79 Å². The smallest absolute Gasteiger partial charge is 0.344 e. The van der Waals surface area contributed by atoms with Gasteiger partial charge >= 0.3 is 5.97 Å². The van der Waals surface area contributed by atoms with Crippen LogP contribution in [-0.4, -0.2) is 27.5 Å². The quantitative estimate of drug-likeness (QED) is 0.776. The van der Waals surface area contributed by atoms with Gasteiger partial charge in [0.15, 0.2) is 19.0 Å². The monoisotopic (exact) mass is 303 g/mol. The molecule has 0 saturated heterocycles. The molecule has 22 heavy (non-hydrogen) atoms. The Morgan fingerprint density at radius 2 is 1.82 bits per heavy atom. The minimum absolute atomic E-state index is 0.0230. The Morgan fingerprint density at radius 1 is 1.14 bits per heavy atom. The molecule has 0 aliphatic carbocycles. The van der Waals surface area contributed by atoms with Gasteiger partial charge in [0, 0.05) is 0 Å². The Labute approximate surface area is 127 Å². The van der Waals surface area contributed by atoms with Crippen molar-refractivity contribution in [3.63, 3.8) is 0 Å². The molecule has 0 spiro atoms. The summed E-state index contributed by atoms with van der Waals surface area (Å²) in [6.07, 6.45) is 0. The number of hydrogen-bond donors (Lipinski definition) is 2. The second-order valence-corrected chi connectivity index (χ2v) is 4.62. The molecule has 116 valence electrons. The van der Waals surface area contributed by atoms with Crippen LogP contribution in [0.25, 0.3) is 0 Å². The summed E-state index contributed by atoms with van der Waals surface area (Å²) in [5, 5.41) is 0. The SMILES string of the molecule is Cc1cccc(OCC(=O)OCc2nc(N)nc(N)n2)c1C. The van der Waals surface area contributed by atoms with E-state index in [0.717, 1.165) is 11.1 Å². The molecule has 0 saturated carbocycles. The average molecular weight is 303 g/mol. The number of nitrogen functional groups attached to an aromatic ring is 2. The molecule has 8 nitrogen and oxygen atoms in total. The summed E-state index contributed by atoms with van der Waals surface area (Å²) in [5.41, 5.74) is 12.9. The molecule has 2 rings (SSSR count). The van der Waals surface area contributed by atoms with Crippen LogP contribution in [0.2, 0.25) is 0 Å². The molecule has 0 aliphatic heterocycles. The van der Waals surface area contributed by atoms with E-state index in [1.807, 2.05) is 26.0 Å². The van der Waals surface area contributed by atoms with Crippen LogP contribution in [0.4, 0.5) is 11.9 Å². The van der Waals surface area contributed by atoms with E-state index in [0.29, 0.717) is 5.75 Å². The first-order valence-electron chi connectivity index (χ1n) is 6.56. The number of aromatic nitrogens is 3. The molecule has 8 heteroatoms. The Balaban J connectivity index is 1.87. The summed E-state index contributed by atoms with van der Waals surface area (Å²) in [5.74, 6) is 0.240. The Morgan fingerprint density at radius 3 is 2.50 bits per heavy atom. The second kappa shape index (κ2) is 6.70. The van der Waals surface area contributed by atoms with Crippen molar-refractivity contribution in [3.8, 4) is 5.75 Å². The summed E-state index contributed by atoms with van der Waals surface area (Å²) in [4.78, 5) is 22.9. The van der Waals surface area contributed by atoms with E-state index in [1.54, 1.807) is 6.07 Å². The van der Waals surface area contributed by atoms with E-state index in [2.05, 4.69) is 15.0 Å². The lowest BCUT2D eigenvalue weighted by Crippen LogP contribution is -2.17. The number of carbonyl (C=O) groups excluding carboxylic acids is 1. The van der Waals surface area contributed by atoms with Crippen LogP contribution in [0.1, 0.15) is 17.0 Å². The van der Waals surface area contributed by atoms with Gasteiger partial charge in [0.25, 0.3) is 0 Å².